The highest BCUT2D eigenvalue weighted by Gasteiger charge is 2.23. The Hall–Kier alpha value is -0.160. The molecule has 0 aromatic rings. The Morgan fingerprint density at radius 2 is 1.62 bits per heavy atom. The first-order valence-corrected chi connectivity index (χ1v) is 6.18. The van der Waals surface area contributed by atoms with Gasteiger partial charge >= 0.3 is 0 Å². The summed E-state index contributed by atoms with van der Waals surface area (Å²) in [5, 5.41) is 18.7. The molecule has 1 aliphatic rings. The number of aliphatic hydroxyl groups excluding tert-OH is 1. The third kappa shape index (κ3) is 5.25. The van der Waals surface area contributed by atoms with E-state index in [0.29, 0.717) is 5.92 Å². The molecule has 2 N–H and O–H groups in total. The molecule has 0 bridgehead atoms. The lowest BCUT2D eigenvalue weighted by Crippen LogP contribution is -2.51. The van der Waals surface area contributed by atoms with Crippen LogP contribution in [0.2, 0.25) is 0 Å². The predicted octanol–water partition coefficient (Wildman–Crippen LogP) is 0.00330. The second-order valence-corrected chi connectivity index (χ2v) is 5.68. The molecule has 0 amide bonds. The van der Waals surface area contributed by atoms with E-state index >= 15 is 0 Å². The van der Waals surface area contributed by atoms with Crippen LogP contribution < -0.4 is 0 Å². The van der Waals surface area contributed by atoms with Crippen molar-refractivity contribution >= 4 is 0 Å². The molecule has 96 valence electrons. The van der Waals surface area contributed by atoms with Gasteiger partial charge < -0.3 is 15.1 Å². The van der Waals surface area contributed by atoms with Gasteiger partial charge in [0.15, 0.2) is 0 Å². The summed E-state index contributed by atoms with van der Waals surface area (Å²) in [5.41, 5.74) is -0.597. The van der Waals surface area contributed by atoms with Gasteiger partial charge in [-0.25, -0.2) is 0 Å². The molecule has 4 nitrogen and oxygen atoms in total. The van der Waals surface area contributed by atoms with Crippen LogP contribution in [-0.2, 0) is 0 Å². The van der Waals surface area contributed by atoms with E-state index in [2.05, 4.69) is 16.7 Å². The zero-order valence-corrected chi connectivity index (χ0v) is 10.8. The molecule has 0 saturated carbocycles. The van der Waals surface area contributed by atoms with Gasteiger partial charge in [-0.3, -0.25) is 4.90 Å². The molecule has 1 unspecified atom stereocenters. The van der Waals surface area contributed by atoms with Crippen molar-refractivity contribution in [1.29, 1.82) is 0 Å². The highest BCUT2D eigenvalue weighted by molar-refractivity contribution is 4.78. The minimum Gasteiger partial charge on any atom is -0.396 e. The first kappa shape index (κ1) is 13.9. The molecule has 1 atom stereocenters. The SMILES string of the molecule is CC(CO)CN1CCN(CC(C)(C)O)CC1. The molecule has 0 aromatic carbocycles. The van der Waals surface area contributed by atoms with E-state index in [1.54, 1.807) is 0 Å². The molecule has 0 aromatic heterocycles. The van der Waals surface area contributed by atoms with Crippen molar-refractivity contribution < 1.29 is 10.2 Å². The number of nitrogens with zero attached hydrogens (tertiary/aromatic N) is 2. The average Bonchev–Trinajstić information content (AvgIpc) is 2.18. The Morgan fingerprint density at radius 3 is 2.06 bits per heavy atom. The molecule has 16 heavy (non-hydrogen) atoms. The topological polar surface area (TPSA) is 46.9 Å². The summed E-state index contributed by atoms with van der Waals surface area (Å²) in [6.45, 7) is 11.9. The number of aliphatic hydroxyl groups is 2. The normalized spacial score (nSPS) is 22.3. The summed E-state index contributed by atoms with van der Waals surface area (Å²) in [5.74, 6) is 0.362. The maximum Gasteiger partial charge on any atom is 0.0718 e. The quantitative estimate of drug-likeness (QED) is 0.698. The van der Waals surface area contributed by atoms with E-state index in [1.165, 1.54) is 0 Å². The molecule has 0 spiro atoms. The van der Waals surface area contributed by atoms with Gasteiger partial charge in [0.25, 0.3) is 0 Å². The maximum atomic E-state index is 9.73. The molecule has 0 radical (unpaired) electrons. The van der Waals surface area contributed by atoms with Crippen molar-refractivity contribution in [3.8, 4) is 0 Å². The van der Waals surface area contributed by atoms with E-state index in [4.69, 9.17) is 5.11 Å². The lowest BCUT2D eigenvalue weighted by Gasteiger charge is -2.38. The Labute approximate surface area is 98.9 Å². The standard InChI is InChI=1S/C12H26N2O2/c1-11(9-15)8-13-4-6-14(7-5-13)10-12(2,3)16/h11,15-16H,4-10H2,1-3H3. The largest absolute Gasteiger partial charge is 0.396 e. The summed E-state index contributed by atoms with van der Waals surface area (Å²) >= 11 is 0. The third-order valence-electron chi connectivity index (χ3n) is 2.96. The van der Waals surface area contributed by atoms with Crippen molar-refractivity contribution in [2.45, 2.75) is 26.4 Å². The fraction of sp³-hybridized carbons (Fsp3) is 1.00. The second kappa shape index (κ2) is 5.96. The highest BCUT2D eigenvalue weighted by Crippen LogP contribution is 2.09. The summed E-state index contributed by atoms with van der Waals surface area (Å²) < 4.78 is 0. The highest BCUT2D eigenvalue weighted by atomic mass is 16.3. The fourth-order valence-corrected chi connectivity index (χ4v) is 2.18. The van der Waals surface area contributed by atoms with Crippen LogP contribution >= 0.6 is 0 Å². The van der Waals surface area contributed by atoms with Crippen molar-refractivity contribution in [3.63, 3.8) is 0 Å². The van der Waals surface area contributed by atoms with Crippen molar-refractivity contribution in [2.24, 2.45) is 5.92 Å². The van der Waals surface area contributed by atoms with Crippen LogP contribution in [0, 0.1) is 5.92 Å². The van der Waals surface area contributed by atoms with Gasteiger partial charge in [0.2, 0.25) is 0 Å². The number of piperazine rings is 1. The Balaban J connectivity index is 2.23. The van der Waals surface area contributed by atoms with Crippen LogP contribution in [0.3, 0.4) is 0 Å². The molecule has 1 rings (SSSR count). The van der Waals surface area contributed by atoms with Gasteiger partial charge in [-0.1, -0.05) is 6.92 Å². The van der Waals surface area contributed by atoms with E-state index in [0.717, 1.165) is 39.3 Å². The number of hydrogen-bond donors (Lipinski definition) is 2. The molecule has 1 saturated heterocycles. The minimum atomic E-state index is -0.597. The van der Waals surface area contributed by atoms with Crippen molar-refractivity contribution in [3.05, 3.63) is 0 Å². The summed E-state index contributed by atoms with van der Waals surface area (Å²) in [4.78, 5) is 4.70. The monoisotopic (exact) mass is 230 g/mol. The van der Waals surface area contributed by atoms with Gasteiger partial charge in [-0.2, -0.15) is 0 Å². The van der Waals surface area contributed by atoms with Crippen molar-refractivity contribution in [2.75, 3.05) is 45.9 Å². The smallest absolute Gasteiger partial charge is 0.0718 e. The molecule has 4 heteroatoms. The van der Waals surface area contributed by atoms with Crippen LogP contribution in [-0.4, -0.2) is 71.5 Å². The number of hydrogen-bond acceptors (Lipinski definition) is 4. The van der Waals surface area contributed by atoms with Crippen LogP contribution in [0.15, 0.2) is 0 Å². The van der Waals surface area contributed by atoms with E-state index in [-0.39, 0.29) is 6.61 Å². The molecule has 1 aliphatic heterocycles. The zero-order chi connectivity index (χ0) is 12.2. The fourth-order valence-electron chi connectivity index (χ4n) is 2.18. The number of rotatable bonds is 5. The first-order chi connectivity index (χ1) is 7.40. The lowest BCUT2D eigenvalue weighted by molar-refractivity contribution is 0.0148. The van der Waals surface area contributed by atoms with Gasteiger partial charge in [0.05, 0.1) is 5.60 Å². The lowest BCUT2D eigenvalue weighted by atomic mass is 10.1. The summed E-state index contributed by atoms with van der Waals surface area (Å²) in [6, 6.07) is 0. The van der Waals surface area contributed by atoms with Crippen LogP contribution in [0.5, 0.6) is 0 Å². The second-order valence-electron chi connectivity index (χ2n) is 5.68. The van der Waals surface area contributed by atoms with Crippen LogP contribution in [0.1, 0.15) is 20.8 Å². The first-order valence-electron chi connectivity index (χ1n) is 6.18. The van der Waals surface area contributed by atoms with E-state index in [1.807, 2.05) is 13.8 Å². The summed E-state index contributed by atoms with van der Waals surface area (Å²) in [7, 11) is 0. The van der Waals surface area contributed by atoms with Gasteiger partial charge in [0, 0.05) is 45.9 Å². The van der Waals surface area contributed by atoms with Gasteiger partial charge in [-0.15, -0.1) is 0 Å². The summed E-state index contributed by atoms with van der Waals surface area (Å²) in [6.07, 6.45) is 0. The molecule has 0 aliphatic carbocycles. The third-order valence-corrected chi connectivity index (χ3v) is 2.96. The average molecular weight is 230 g/mol. The van der Waals surface area contributed by atoms with Crippen molar-refractivity contribution in [1.82, 2.24) is 9.80 Å². The maximum absolute atomic E-state index is 9.73. The molecule has 1 heterocycles. The van der Waals surface area contributed by atoms with Gasteiger partial charge in [0.1, 0.15) is 0 Å². The minimum absolute atomic E-state index is 0.268. The molecule has 1 fully saturated rings. The Kier molecular flexibility index (Phi) is 5.18. The molecular weight excluding hydrogens is 204 g/mol. The Bertz CT molecular complexity index is 196. The Morgan fingerprint density at radius 1 is 1.12 bits per heavy atom. The zero-order valence-electron chi connectivity index (χ0n) is 10.8. The van der Waals surface area contributed by atoms with E-state index < -0.39 is 5.60 Å². The van der Waals surface area contributed by atoms with E-state index in [9.17, 15) is 5.11 Å². The predicted molar refractivity (Wildman–Crippen MR) is 65.4 cm³/mol. The van der Waals surface area contributed by atoms with Gasteiger partial charge in [-0.05, 0) is 19.8 Å². The van der Waals surface area contributed by atoms with Crippen LogP contribution in [0.4, 0.5) is 0 Å². The molecular formula is C12H26N2O2. The number of β-amino-alcohol motifs (C(OH)–C–C–N with tert-alkyl or cyclic N) is 1. The van der Waals surface area contributed by atoms with Crippen LogP contribution in [0.25, 0.3) is 0 Å².